The Kier molecular flexibility index (Phi) is 15.3. The van der Waals surface area contributed by atoms with E-state index in [1.807, 2.05) is 61.1 Å². The van der Waals surface area contributed by atoms with Crippen molar-refractivity contribution in [3.8, 4) is 134 Å². The van der Waals surface area contributed by atoms with Crippen molar-refractivity contribution in [1.29, 1.82) is 0 Å². The van der Waals surface area contributed by atoms with Gasteiger partial charge in [0.1, 0.15) is 0 Å². The van der Waals surface area contributed by atoms with Crippen LogP contribution in [0.3, 0.4) is 0 Å². The molecule has 0 N–H and O–H groups in total. The molecule has 13 rings (SSSR count). The molecule has 5 heteroatoms. The number of halogens is 1. The van der Waals surface area contributed by atoms with E-state index in [0.29, 0.717) is 0 Å². The van der Waals surface area contributed by atoms with E-state index in [1.165, 1.54) is 0 Å². The average Bonchev–Trinajstić information content (AvgIpc) is 3.71. The van der Waals surface area contributed by atoms with Crippen molar-refractivity contribution in [3.63, 3.8) is 0 Å². The summed E-state index contributed by atoms with van der Waals surface area (Å²) in [7, 11) is 0. The zero-order valence-electron chi connectivity index (χ0n) is 44.1. The van der Waals surface area contributed by atoms with Crippen molar-refractivity contribution in [1.82, 2.24) is 15.0 Å². The largest absolute Gasteiger partial charge is 3.00 e. The minimum atomic E-state index is 0. The van der Waals surface area contributed by atoms with Crippen LogP contribution in [0.5, 0.6) is 0 Å². The number of hydrogen-bond acceptors (Lipinski definition) is 3. The van der Waals surface area contributed by atoms with Crippen LogP contribution in [0.15, 0.2) is 284 Å². The van der Waals surface area contributed by atoms with Gasteiger partial charge in [0.15, 0.2) is 0 Å². The Bertz CT molecular complexity index is 4170. The first kappa shape index (κ1) is 52.5. The normalized spacial score (nSPS) is 11.0. The molecule has 0 spiro atoms. The van der Waals surface area contributed by atoms with Crippen molar-refractivity contribution in [2.75, 3.05) is 0 Å². The second-order valence-corrected chi connectivity index (χ2v) is 20.7. The number of aromatic nitrogens is 3. The molecule has 0 saturated carbocycles. The van der Waals surface area contributed by atoms with E-state index in [1.54, 1.807) is 0 Å². The summed E-state index contributed by atoms with van der Waals surface area (Å²) >= 11 is 4.06. The van der Waals surface area contributed by atoms with Crippen LogP contribution in [-0.4, -0.2) is 15.0 Å². The van der Waals surface area contributed by atoms with Gasteiger partial charge in [0.25, 0.3) is 0 Å². The van der Waals surface area contributed by atoms with Gasteiger partial charge in [-0.1, -0.05) is 259 Å². The molecule has 3 aromatic heterocycles. The molecular weight excluding hydrogens is 1230 g/mol. The maximum Gasteiger partial charge on any atom is 3.00 e. The zero-order valence-corrected chi connectivity index (χ0v) is 48.1. The summed E-state index contributed by atoms with van der Waals surface area (Å²) in [6.07, 6.45) is 5.65. The number of pyridine rings is 3. The van der Waals surface area contributed by atoms with Crippen LogP contribution in [0, 0.1) is 25.1 Å². The minimum absolute atomic E-state index is 0. The summed E-state index contributed by atoms with van der Waals surface area (Å²) in [5.74, 6) is 0. The third-order valence-electron chi connectivity index (χ3n) is 14.8. The molecule has 0 bridgehead atoms. The molecule has 0 amide bonds. The second kappa shape index (κ2) is 23.6. The number of nitrogens with zero attached hydrogens (tertiary/aromatic N) is 3. The SMILES string of the molecule is Cc1cc(-c2[c-]cc(-c3ccccc3-c3cc(-c4ccccc4-c4c[c-]c(-c5ccccn5)cc4-c4ccccc4)cc(-c4ccccc4-c4c[c-]c(-c5ccccn5)cc4-c4ccccc4)c3)c(Br)c2)ncc1-c1ccccc1.[Ir+3]. The van der Waals surface area contributed by atoms with Gasteiger partial charge >= 0.3 is 20.1 Å². The number of hydrogen-bond donors (Lipinski definition) is 0. The fraction of sp³-hybridized carbons (Fsp3) is 0.0132. The van der Waals surface area contributed by atoms with Crippen LogP contribution in [0.2, 0.25) is 0 Å². The van der Waals surface area contributed by atoms with E-state index >= 15 is 0 Å². The fourth-order valence-electron chi connectivity index (χ4n) is 10.9. The molecular formula is C76H49BrIrN3. The first-order valence-corrected chi connectivity index (χ1v) is 27.5. The van der Waals surface area contributed by atoms with Crippen LogP contribution in [0.25, 0.3) is 134 Å². The van der Waals surface area contributed by atoms with Gasteiger partial charge in [0.2, 0.25) is 0 Å². The third kappa shape index (κ3) is 10.8. The Morgan fingerprint density at radius 2 is 0.642 bits per heavy atom. The van der Waals surface area contributed by atoms with E-state index in [2.05, 4.69) is 259 Å². The average molecular weight is 1280 g/mol. The maximum absolute atomic E-state index is 4.95. The van der Waals surface area contributed by atoms with Crippen LogP contribution in [-0.2, 0) is 20.1 Å². The zero-order chi connectivity index (χ0) is 53.8. The van der Waals surface area contributed by atoms with Crippen molar-refractivity contribution >= 4 is 15.9 Å². The molecule has 0 aliphatic heterocycles. The number of benzene rings is 10. The number of rotatable bonds is 12. The van der Waals surface area contributed by atoms with Gasteiger partial charge in [-0.15, -0.1) is 71.3 Å². The molecule has 3 heterocycles. The maximum atomic E-state index is 4.95. The topological polar surface area (TPSA) is 38.7 Å². The Labute approximate surface area is 495 Å². The molecule has 0 fully saturated rings. The van der Waals surface area contributed by atoms with Crippen LogP contribution in [0.1, 0.15) is 5.56 Å². The van der Waals surface area contributed by atoms with E-state index in [-0.39, 0.29) is 20.1 Å². The van der Waals surface area contributed by atoms with Gasteiger partial charge in [0, 0.05) is 24.2 Å². The fourth-order valence-corrected chi connectivity index (χ4v) is 11.5. The molecule has 0 unspecified atom stereocenters. The van der Waals surface area contributed by atoms with Crippen molar-refractivity contribution in [2.24, 2.45) is 0 Å². The second-order valence-electron chi connectivity index (χ2n) is 19.8. The molecule has 384 valence electrons. The van der Waals surface area contributed by atoms with Crippen LogP contribution < -0.4 is 0 Å². The minimum Gasteiger partial charge on any atom is -0.305 e. The predicted molar refractivity (Wildman–Crippen MR) is 334 cm³/mol. The van der Waals surface area contributed by atoms with Gasteiger partial charge in [-0.25, -0.2) is 0 Å². The summed E-state index contributed by atoms with van der Waals surface area (Å²) in [6, 6.07) is 103. The molecule has 0 radical (unpaired) electrons. The summed E-state index contributed by atoms with van der Waals surface area (Å²) in [6.45, 7) is 2.15. The van der Waals surface area contributed by atoms with E-state index in [9.17, 15) is 0 Å². The summed E-state index contributed by atoms with van der Waals surface area (Å²) < 4.78 is 0.954. The first-order valence-electron chi connectivity index (χ1n) is 26.7. The Morgan fingerprint density at radius 3 is 1.04 bits per heavy atom. The molecule has 0 aliphatic carbocycles. The third-order valence-corrected chi connectivity index (χ3v) is 15.5. The Hall–Kier alpha value is -9.22. The van der Waals surface area contributed by atoms with Gasteiger partial charge in [-0.2, -0.15) is 0 Å². The standard InChI is InChI=1S/C76H49BrN3.Ir/c1-51-43-76(80-50-72(51)54-25-9-4-10-26-54)57-37-40-69(73(77)49-57)66-32-16-13-29-63(66)60-45-58(61-27-11-14-30-64(61)67-38-35-55(74-33-17-19-41-78-74)47-70(67)52-21-5-2-6-22-52)44-59(46-60)62-28-12-15-31-65(62)68-39-36-56(75-34-18-20-42-79-75)48-71(68)53-23-7-3-8-24-53;/h2-34,38-50H,1H3;/q-3;+3. The van der Waals surface area contributed by atoms with E-state index in [0.717, 1.165) is 144 Å². The van der Waals surface area contributed by atoms with Gasteiger partial charge in [0.05, 0.1) is 0 Å². The number of aryl methyl sites for hydroxylation is 1. The van der Waals surface area contributed by atoms with Crippen molar-refractivity contribution in [2.45, 2.75) is 6.92 Å². The van der Waals surface area contributed by atoms with Gasteiger partial charge in [-0.3, -0.25) is 0 Å². The first-order chi connectivity index (χ1) is 39.5. The molecule has 3 nitrogen and oxygen atoms in total. The summed E-state index contributed by atoms with van der Waals surface area (Å²) in [5, 5.41) is 0. The Morgan fingerprint density at radius 1 is 0.284 bits per heavy atom. The molecule has 0 aliphatic rings. The molecule has 10 aromatic carbocycles. The van der Waals surface area contributed by atoms with Crippen molar-refractivity contribution < 1.29 is 20.1 Å². The van der Waals surface area contributed by atoms with Crippen LogP contribution in [0.4, 0.5) is 0 Å². The van der Waals surface area contributed by atoms with Gasteiger partial charge < -0.3 is 15.0 Å². The van der Waals surface area contributed by atoms with E-state index < -0.39 is 0 Å². The van der Waals surface area contributed by atoms with Crippen molar-refractivity contribution in [3.05, 3.63) is 308 Å². The van der Waals surface area contributed by atoms with E-state index in [4.69, 9.17) is 15.0 Å². The summed E-state index contributed by atoms with van der Waals surface area (Å²) in [5.41, 5.74) is 26.2. The Balaban J connectivity index is 0.00000651. The monoisotopic (exact) mass is 1280 g/mol. The molecule has 0 atom stereocenters. The predicted octanol–water partition coefficient (Wildman–Crippen LogP) is 20.3. The smallest absolute Gasteiger partial charge is 0.305 e. The quantitative estimate of drug-likeness (QED) is 0.114. The van der Waals surface area contributed by atoms with Crippen LogP contribution >= 0.6 is 15.9 Å². The molecule has 0 saturated heterocycles. The molecule has 13 aromatic rings. The summed E-state index contributed by atoms with van der Waals surface area (Å²) in [4.78, 5) is 14.4. The molecule has 81 heavy (non-hydrogen) atoms. The van der Waals surface area contributed by atoms with Gasteiger partial charge in [-0.05, 0) is 110 Å².